The van der Waals surface area contributed by atoms with Crippen LogP contribution in [0.2, 0.25) is 0 Å². The number of sulfonamides is 1. The quantitative estimate of drug-likeness (QED) is 0.543. The van der Waals surface area contributed by atoms with E-state index in [-0.39, 0.29) is 17.5 Å². The van der Waals surface area contributed by atoms with E-state index < -0.39 is 21.8 Å². The summed E-state index contributed by atoms with van der Waals surface area (Å²) in [7, 11) is -3.53. The maximum absolute atomic E-state index is 12.1. The summed E-state index contributed by atoms with van der Waals surface area (Å²) in [5.74, 6) is -1.48. The molecule has 0 aliphatic carbocycles. The van der Waals surface area contributed by atoms with E-state index in [1.165, 1.54) is 12.1 Å². The lowest BCUT2D eigenvalue weighted by Crippen LogP contribution is -2.36. The molecule has 7 nitrogen and oxygen atoms in total. The fraction of sp³-hybridized carbons (Fsp3) is 0.263. The Kier molecular flexibility index (Phi) is 7.73. The van der Waals surface area contributed by atoms with Crippen LogP contribution >= 0.6 is 15.9 Å². The molecule has 0 bridgehead atoms. The van der Waals surface area contributed by atoms with Crippen molar-refractivity contribution in [1.29, 1.82) is 0 Å². The maximum atomic E-state index is 12.1. The van der Waals surface area contributed by atoms with Gasteiger partial charge in [-0.2, -0.15) is 0 Å². The van der Waals surface area contributed by atoms with Gasteiger partial charge in [0.15, 0.2) is 0 Å². The minimum absolute atomic E-state index is 0.183. The first-order chi connectivity index (χ1) is 13.2. The van der Waals surface area contributed by atoms with Crippen molar-refractivity contribution in [3.8, 4) is 0 Å². The van der Waals surface area contributed by atoms with Crippen LogP contribution in [0.4, 0.5) is 5.69 Å². The molecule has 2 aromatic rings. The molecular formula is C19H22BrN3O4S. The summed E-state index contributed by atoms with van der Waals surface area (Å²) in [6, 6.07) is 13.1. The van der Waals surface area contributed by atoms with Gasteiger partial charge in [0.1, 0.15) is 0 Å². The average Bonchev–Trinajstić information content (AvgIpc) is 2.63. The van der Waals surface area contributed by atoms with E-state index in [0.717, 1.165) is 10.0 Å². The molecule has 0 radical (unpaired) electrons. The second-order valence-corrected chi connectivity index (χ2v) is 9.02. The first kappa shape index (κ1) is 22.1. The molecule has 0 heterocycles. The van der Waals surface area contributed by atoms with Crippen molar-refractivity contribution in [3.05, 3.63) is 58.6 Å². The Morgan fingerprint density at radius 1 is 0.964 bits per heavy atom. The van der Waals surface area contributed by atoms with Crippen molar-refractivity contribution in [2.24, 2.45) is 0 Å². The van der Waals surface area contributed by atoms with Gasteiger partial charge in [-0.25, -0.2) is 13.1 Å². The Bertz CT molecular complexity index is 927. The molecule has 3 N–H and O–H groups in total. The smallest absolute Gasteiger partial charge is 0.313 e. The zero-order valence-electron chi connectivity index (χ0n) is 15.5. The van der Waals surface area contributed by atoms with Crippen LogP contribution in [0.5, 0.6) is 0 Å². The largest absolute Gasteiger partial charge is 0.347 e. The summed E-state index contributed by atoms with van der Waals surface area (Å²) in [5.41, 5.74) is 1.37. The van der Waals surface area contributed by atoms with Crippen molar-refractivity contribution in [2.45, 2.75) is 31.2 Å². The summed E-state index contributed by atoms with van der Waals surface area (Å²) >= 11 is 3.29. The van der Waals surface area contributed by atoms with Gasteiger partial charge in [0.25, 0.3) is 0 Å². The van der Waals surface area contributed by atoms with Crippen LogP contribution < -0.4 is 15.4 Å². The molecule has 0 aromatic heterocycles. The number of halogens is 1. The topological polar surface area (TPSA) is 104 Å². The van der Waals surface area contributed by atoms with Crippen molar-refractivity contribution >= 4 is 43.5 Å². The zero-order chi connectivity index (χ0) is 20.7. The van der Waals surface area contributed by atoms with Gasteiger partial charge in [-0.05, 0) is 62.2 Å². The van der Waals surface area contributed by atoms with Crippen LogP contribution in [0.15, 0.2) is 57.9 Å². The number of carbonyl (C=O) groups excluding carboxylic acids is 2. The fourth-order valence-corrected chi connectivity index (χ4v) is 3.85. The normalized spacial score (nSPS) is 11.3. The van der Waals surface area contributed by atoms with E-state index in [4.69, 9.17) is 0 Å². The molecule has 0 saturated heterocycles. The van der Waals surface area contributed by atoms with E-state index in [9.17, 15) is 18.0 Å². The summed E-state index contributed by atoms with van der Waals surface area (Å²) in [4.78, 5) is 23.9. The van der Waals surface area contributed by atoms with Crippen molar-refractivity contribution < 1.29 is 18.0 Å². The zero-order valence-corrected chi connectivity index (χ0v) is 17.9. The standard InChI is InChI=1S/C19H22BrN3O4S/c1-13(2)23-28(26,27)17-9-3-14(4-10-17)11-12-21-18(24)19(25)22-16-7-5-15(20)6-8-16/h3-10,13,23H,11-12H2,1-2H3,(H,21,24)(H,22,25). The Hall–Kier alpha value is -2.23. The first-order valence-corrected chi connectivity index (χ1v) is 10.9. The second-order valence-electron chi connectivity index (χ2n) is 6.39. The number of rotatable bonds is 7. The Morgan fingerprint density at radius 3 is 2.14 bits per heavy atom. The molecule has 2 aromatic carbocycles. The van der Waals surface area contributed by atoms with E-state index in [2.05, 4.69) is 31.3 Å². The van der Waals surface area contributed by atoms with Crippen molar-refractivity contribution in [3.63, 3.8) is 0 Å². The highest BCUT2D eigenvalue weighted by Crippen LogP contribution is 2.14. The SMILES string of the molecule is CC(C)NS(=O)(=O)c1ccc(CCNC(=O)C(=O)Nc2ccc(Br)cc2)cc1. The van der Waals surface area contributed by atoms with Crippen LogP contribution in [-0.4, -0.2) is 32.8 Å². The summed E-state index contributed by atoms with van der Waals surface area (Å²) < 4.78 is 27.6. The molecule has 0 fully saturated rings. The lowest BCUT2D eigenvalue weighted by Gasteiger charge is -2.10. The van der Waals surface area contributed by atoms with Gasteiger partial charge >= 0.3 is 11.8 Å². The molecule has 0 spiro atoms. The molecule has 150 valence electrons. The van der Waals surface area contributed by atoms with Gasteiger partial charge in [0, 0.05) is 22.7 Å². The monoisotopic (exact) mass is 467 g/mol. The lowest BCUT2D eigenvalue weighted by molar-refractivity contribution is -0.136. The summed E-state index contributed by atoms with van der Waals surface area (Å²) in [6.07, 6.45) is 0.468. The number of nitrogens with one attached hydrogen (secondary N) is 3. The van der Waals surface area contributed by atoms with E-state index in [1.807, 2.05) is 0 Å². The van der Waals surface area contributed by atoms with Gasteiger partial charge < -0.3 is 10.6 Å². The molecule has 0 atom stereocenters. The van der Waals surface area contributed by atoms with Gasteiger partial charge in [-0.1, -0.05) is 28.1 Å². The molecule has 9 heteroatoms. The summed E-state index contributed by atoms with van der Waals surface area (Å²) in [6.45, 7) is 3.76. The Labute approximate surface area is 173 Å². The van der Waals surface area contributed by atoms with E-state index >= 15 is 0 Å². The lowest BCUT2D eigenvalue weighted by atomic mass is 10.1. The van der Waals surface area contributed by atoms with E-state index in [1.54, 1.807) is 50.2 Å². The molecule has 0 unspecified atom stereocenters. The predicted molar refractivity (Wildman–Crippen MR) is 111 cm³/mol. The van der Waals surface area contributed by atoms with Crippen molar-refractivity contribution in [1.82, 2.24) is 10.0 Å². The highest BCUT2D eigenvalue weighted by molar-refractivity contribution is 9.10. The molecule has 2 amide bonds. The number of anilines is 1. The average molecular weight is 468 g/mol. The predicted octanol–water partition coefficient (Wildman–Crippen LogP) is 2.43. The van der Waals surface area contributed by atoms with E-state index in [0.29, 0.717) is 12.1 Å². The van der Waals surface area contributed by atoms with Gasteiger partial charge in [-0.15, -0.1) is 0 Å². The highest BCUT2D eigenvalue weighted by atomic mass is 79.9. The van der Waals surface area contributed by atoms with Gasteiger partial charge in [-0.3, -0.25) is 9.59 Å². The highest BCUT2D eigenvalue weighted by Gasteiger charge is 2.15. The first-order valence-electron chi connectivity index (χ1n) is 8.63. The molecule has 0 aliphatic rings. The molecule has 2 rings (SSSR count). The number of amides is 2. The molecule has 0 aliphatic heterocycles. The van der Waals surface area contributed by atoms with Crippen molar-refractivity contribution in [2.75, 3.05) is 11.9 Å². The maximum Gasteiger partial charge on any atom is 0.313 e. The van der Waals surface area contributed by atoms with Crippen LogP contribution in [0.3, 0.4) is 0 Å². The van der Waals surface area contributed by atoms with Crippen LogP contribution in [0, 0.1) is 0 Å². The fourth-order valence-electron chi connectivity index (χ4n) is 2.34. The number of benzene rings is 2. The Morgan fingerprint density at radius 2 is 1.57 bits per heavy atom. The van der Waals surface area contributed by atoms with Crippen LogP contribution in [0.1, 0.15) is 19.4 Å². The number of hydrogen-bond acceptors (Lipinski definition) is 4. The number of carbonyl (C=O) groups is 2. The Balaban J connectivity index is 1.83. The third-order valence-electron chi connectivity index (χ3n) is 3.63. The molecule has 28 heavy (non-hydrogen) atoms. The minimum atomic E-state index is -3.53. The second kappa shape index (κ2) is 9.81. The molecular weight excluding hydrogens is 446 g/mol. The third kappa shape index (κ3) is 6.74. The van der Waals surface area contributed by atoms with Crippen LogP contribution in [-0.2, 0) is 26.0 Å². The molecule has 0 saturated carbocycles. The minimum Gasteiger partial charge on any atom is -0.347 e. The third-order valence-corrected chi connectivity index (χ3v) is 5.84. The van der Waals surface area contributed by atoms with Gasteiger partial charge in [0.2, 0.25) is 10.0 Å². The van der Waals surface area contributed by atoms with Gasteiger partial charge in [0.05, 0.1) is 4.90 Å². The number of hydrogen-bond donors (Lipinski definition) is 3. The van der Waals surface area contributed by atoms with Crippen LogP contribution in [0.25, 0.3) is 0 Å². The summed E-state index contributed by atoms with van der Waals surface area (Å²) in [5, 5.41) is 5.05.